The zero-order chi connectivity index (χ0) is 10.9. The maximum absolute atomic E-state index is 13.2. The summed E-state index contributed by atoms with van der Waals surface area (Å²) < 4.78 is 13.3. The predicted molar refractivity (Wildman–Crippen MR) is 54.4 cm³/mol. The normalized spacial score (nSPS) is 15.2. The van der Waals surface area contributed by atoms with E-state index in [1.807, 2.05) is 0 Å². The van der Waals surface area contributed by atoms with Crippen molar-refractivity contribution in [1.29, 1.82) is 0 Å². The number of aromatic hydroxyl groups is 1. The Kier molecular flexibility index (Phi) is 3.47. The number of benzene rings is 1. The first-order valence-corrected chi connectivity index (χ1v) is 4.85. The lowest BCUT2D eigenvalue weighted by atomic mass is 10.0. The molecule has 0 spiro atoms. The Morgan fingerprint density at radius 2 is 2.07 bits per heavy atom. The second-order valence-electron chi connectivity index (χ2n) is 3.07. The molecule has 0 saturated heterocycles. The van der Waals surface area contributed by atoms with Crippen LogP contribution in [-0.4, -0.2) is 16.3 Å². The fourth-order valence-corrected chi connectivity index (χ4v) is 1.40. The van der Waals surface area contributed by atoms with Crippen LogP contribution in [0.3, 0.4) is 0 Å². The molecule has 0 radical (unpaired) electrons. The average molecular weight is 264 g/mol. The molecule has 3 nitrogen and oxygen atoms in total. The highest BCUT2D eigenvalue weighted by molar-refractivity contribution is 9.10. The summed E-state index contributed by atoms with van der Waals surface area (Å²) in [5.41, 5.74) is 5.76. The first-order chi connectivity index (χ1) is 6.45. The number of halogens is 2. The maximum Gasteiger partial charge on any atom is 0.179 e. The van der Waals surface area contributed by atoms with Gasteiger partial charge in [-0.3, -0.25) is 0 Å². The van der Waals surface area contributed by atoms with E-state index in [4.69, 9.17) is 5.73 Å². The van der Waals surface area contributed by atoms with Gasteiger partial charge < -0.3 is 15.9 Å². The van der Waals surface area contributed by atoms with Gasteiger partial charge in [0.05, 0.1) is 16.6 Å². The number of rotatable bonds is 2. The molecule has 0 bridgehead atoms. The third-order valence-corrected chi connectivity index (χ3v) is 2.59. The van der Waals surface area contributed by atoms with Crippen LogP contribution in [0, 0.1) is 5.82 Å². The molecule has 4 N–H and O–H groups in total. The van der Waals surface area contributed by atoms with Crippen LogP contribution in [0.4, 0.5) is 4.39 Å². The predicted octanol–water partition coefficient (Wildman–Crippen LogP) is 1.67. The Balaban J connectivity index is 3.17. The molecular formula is C9H11BrFNO2. The van der Waals surface area contributed by atoms with Crippen LogP contribution in [0.1, 0.15) is 18.5 Å². The number of aliphatic hydroxyl groups is 1. The molecule has 0 aliphatic heterocycles. The van der Waals surface area contributed by atoms with E-state index in [2.05, 4.69) is 15.9 Å². The van der Waals surface area contributed by atoms with E-state index in [0.29, 0.717) is 0 Å². The highest BCUT2D eigenvalue weighted by atomic mass is 79.9. The summed E-state index contributed by atoms with van der Waals surface area (Å²) in [6, 6.07) is 2.12. The molecule has 0 amide bonds. The van der Waals surface area contributed by atoms with E-state index in [0.717, 1.165) is 0 Å². The summed E-state index contributed by atoms with van der Waals surface area (Å²) >= 11 is 2.93. The molecular weight excluding hydrogens is 253 g/mol. The molecule has 0 saturated carbocycles. The zero-order valence-corrected chi connectivity index (χ0v) is 9.12. The van der Waals surface area contributed by atoms with Crippen LogP contribution in [0.15, 0.2) is 16.6 Å². The van der Waals surface area contributed by atoms with Crippen LogP contribution in [0.2, 0.25) is 0 Å². The first kappa shape index (κ1) is 11.4. The van der Waals surface area contributed by atoms with E-state index >= 15 is 0 Å². The minimum atomic E-state index is -0.846. The van der Waals surface area contributed by atoms with Crippen molar-refractivity contribution in [1.82, 2.24) is 0 Å². The molecule has 5 heteroatoms. The highest BCUT2D eigenvalue weighted by Gasteiger charge is 2.19. The summed E-state index contributed by atoms with van der Waals surface area (Å²) in [6.45, 7) is 1.48. The molecule has 14 heavy (non-hydrogen) atoms. The standard InChI is InChI=1S/C9H11BrFNO2/c1-4(13)8(12)5-2-3-6(10)7(11)9(5)14/h2-4,8,13-14H,12H2,1H3/t4?,8-/m1/s1. The summed E-state index contributed by atoms with van der Waals surface area (Å²) in [4.78, 5) is 0. The van der Waals surface area contributed by atoms with Gasteiger partial charge in [-0.25, -0.2) is 4.39 Å². The minimum Gasteiger partial charge on any atom is -0.505 e. The SMILES string of the molecule is CC(O)[C@@H](N)c1ccc(Br)c(F)c1O. The smallest absolute Gasteiger partial charge is 0.179 e. The number of aliphatic hydroxyl groups excluding tert-OH is 1. The third-order valence-electron chi connectivity index (χ3n) is 1.98. The number of phenols is 1. The molecule has 0 fully saturated rings. The zero-order valence-electron chi connectivity index (χ0n) is 7.54. The Morgan fingerprint density at radius 3 is 2.57 bits per heavy atom. The van der Waals surface area contributed by atoms with E-state index in [9.17, 15) is 14.6 Å². The van der Waals surface area contributed by atoms with Gasteiger partial charge in [-0.2, -0.15) is 0 Å². The van der Waals surface area contributed by atoms with Crippen LogP contribution < -0.4 is 5.73 Å². The van der Waals surface area contributed by atoms with Gasteiger partial charge in [-0.1, -0.05) is 6.07 Å². The van der Waals surface area contributed by atoms with E-state index in [-0.39, 0.29) is 10.0 Å². The van der Waals surface area contributed by atoms with Crippen molar-refractivity contribution in [2.75, 3.05) is 0 Å². The van der Waals surface area contributed by atoms with E-state index in [1.54, 1.807) is 0 Å². The van der Waals surface area contributed by atoms with E-state index < -0.39 is 23.7 Å². The molecule has 0 aromatic heterocycles. The monoisotopic (exact) mass is 263 g/mol. The molecule has 0 aliphatic carbocycles. The largest absolute Gasteiger partial charge is 0.505 e. The maximum atomic E-state index is 13.2. The molecule has 0 aliphatic rings. The van der Waals surface area contributed by atoms with E-state index in [1.165, 1.54) is 19.1 Å². The number of nitrogens with two attached hydrogens (primary N) is 1. The Bertz CT molecular complexity index is 344. The van der Waals surface area contributed by atoms with Gasteiger partial charge in [0.1, 0.15) is 0 Å². The fourth-order valence-electron chi connectivity index (χ4n) is 1.08. The molecule has 0 heterocycles. The molecule has 1 unspecified atom stereocenters. The first-order valence-electron chi connectivity index (χ1n) is 4.05. The summed E-state index contributed by atoms with van der Waals surface area (Å²) in [6.07, 6.45) is -0.846. The number of hydrogen-bond donors (Lipinski definition) is 3. The lowest BCUT2D eigenvalue weighted by molar-refractivity contribution is 0.162. The van der Waals surface area contributed by atoms with Crippen molar-refractivity contribution in [2.24, 2.45) is 5.73 Å². The molecule has 1 aromatic rings. The van der Waals surface area contributed by atoms with Gasteiger partial charge in [0.2, 0.25) is 0 Å². The van der Waals surface area contributed by atoms with Crippen molar-refractivity contribution >= 4 is 15.9 Å². The van der Waals surface area contributed by atoms with Gasteiger partial charge in [-0.15, -0.1) is 0 Å². The molecule has 1 rings (SSSR count). The lowest BCUT2D eigenvalue weighted by Gasteiger charge is -2.16. The van der Waals surface area contributed by atoms with Crippen molar-refractivity contribution in [2.45, 2.75) is 19.1 Å². The third kappa shape index (κ3) is 2.05. The minimum absolute atomic E-state index is 0.163. The van der Waals surface area contributed by atoms with Crippen LogP contribution in [0.5, 0.6) is 5.75 Å². The van der Waals surface area contributed by atoms with Crippen LogP contribution >= 0.6 is 15.9 Å². The Hall–Kier alpha value is -0.650. The van der Waals surface area contributed by atoms with Gasteiger partial charge in [0, 0.05) is 5.56 Å². The quantitative estimate of drug-likeness (QED) is 0.761. The second-order valence-corrected chi connectivity index (χ2v) is 3.92. The van der Waals surface area contributed by atoms with Crippen molar-refractivity contribution < 1.29 is 14.6 Å². The van der Waals surface area contributed by atoms with Gasteiger partial charge >= 0.3 is 0 Å². The van der Waals surface area contributed by atoms with Gasteiger partial charge in [0.25, 0.3) is 0 Å². The average Bonchev–Trinajstić information content (AvgIpc) is 2.13. The Morgan fingerprint density at radius 1 is 1.50 bits per heavy atom. The highest BCUT2D eigenvalue weighted by Crippen LogP contribution is 2.31. The summed E-state index contributed by atoms with van der Waals surface area (Å²) in [7, 11) is 0. The molecule has 78 valence electrons. The van der Waals surface area contributed by atoms with Crippen molar-refractivity contribution in [3.05, 3.63) is 28.0 Å². The number of hydrogen-bond acceptors (Lipinski definition) is 3. The second kappa shape index (κ2) is 4.25. The summed E-state index contributed by atoms with van der Waals surface area (Å²) in [5, 5.41) is 18.6. The van der Waals surface area contributed by atoms with Gasteiger partial charge in [0.15, 0.2) is 11.6 Å². The summed E-state index contributed by atoms with van der Waals surface area (Å²) in [5.74, 6) is -1.29. The van der Waals surface area contributed by atoms with Crippen molar-refractivity contribution in [3.8, 4) is 5.75 Å². The van der Waals surface area contributed by atoms with Crippen LogP contribution in [-0.2, 0) is 0 Å². The molecule has 2 atom stereocenters. The van der Waals surface area contributed by atoms with Crippen LogP contribution in [0.25, 0.3) is 0 Å². The molecule has 1 aromatic carbocycles. The lowest BCUT2D eigenvalue weighted by Crippen LogP contribution is -2.23. The number of phenolic OH excluding ortho intramolecular Hbond substituents is 1. The van der Waals surface area contributed by atoms with Gasteiger partial charge in [-0.05, 0) is 28.9 Å². The topological polar surface area (TPSA) is 66.5 Å². The Labute approximate surface area is 89.5 Å². The fraction of sp³-hybridized carbons (Fsp3) is 0.333. The van der Waals surface area contributed by atoms with Crippen molar-refractivity contribution in [3.63, 3.8) is 0 Å².